The molecule has 0 bridgehead atoms. The zero-order valence-corrected chi connectivity index (χ0v) is 42.9. The molecule has 0 rings (SSSR count). The second-order valence-electron chi connectivity index (χ2n) is 19.6. The molecule has 0 aliphatic carbocycles. The Labute approximate surface area is 393 Å². The third-order valence-electron chi connectivity index (χ3n) is 13.1. The first-order valence-corrected chi connectivity index (χ1v) is 28.5. The van der Waals surface area contributed by atoms with Crippen molar-refractivity contribution in [2.45, 2.75) is 335 Å². The lowest BCUT2D eigenvalue weighted by molar-refractivity contribution is -0.167. The molecular weight excluding hydrogens is 781 g/mol. The van der Waals surface area contributed by atoms with E-state index in [1.165, 1.54) is 225 Å². The Hall–Kier alpha value is -1.59. The van der Waals surface area contributed by atoms with Crippen molar-refractivity contribution in [1.29, 1.82) is 0 Å². The normalized spacial score (nSPS) is 11.9. The first-order chi connectivity index (χ1) is 31.0. The van der Waals surface area contributed by atoms with Gasteiger partial charge in [-0.25, -0.2) is 0 Å². The van der Waals surface area contributed by atoms with Gasteiger partial charge in [-0.15, -0.1) is 0 Å². The van der Waals surface area contributed by atoms with Crippen molar-refractivity contribution in [3.63, 3.8) is 0 Å². The highest BCUT2D eigenvalue weighted by Crippen LogP contribution is 2.18. The number of carbonyl (C=O) groups is 3. The lowest BCUT2D eigenvalue weighted by Gasteiger charge is -2.18. The largest absolute Gasteiger partial charge is 0.462 e. The molecule has 0 fully saturated rings. The highest BCUT2D eigenvalue weighted by atomic mass is 16.6. The smallest absolute Gasteiger partial charge is 0.306 e. The van der Waals surface area contributed by atoms with Crippen molar-refractivity contribution < 1.29 is 28.6 Å². The molecule has 1 unspecified atom stereocenters. The summed E-state index contributed by atoms with van der Waals surface area (Å²) >= 11 is 0. The molecule has 0 amide bonds. The molecule has 0 saturated heterocycles. The summed E-state index contributed by atoms with van der Waals surface area (Å²) in [5, 5.41) is 0. The third-order valence-corrected chi connectivity index (χ3v) is 13.1. The van der Waals surface area contributed by atoms with Gasteiger partial charge >= 0.3 is 17.9 Å². The molecule has 1 atom stereocenters. The van der Waals surface area contributed by atoms with Crippen LogP contribution in [0.25, 0.3) is 0 Å². The zero-order chi connectivity index (χ0) is 45.8. The van der Waals surface area contributed by atoms with Crippen LogP contribution in [0.5, 0.6) is 0 Å². The predicted octanol–water partition coefficient (Wildman–Crippen LogP) is 18.8. The summed E-state index contributed by atoms with van der Waals surface area (Å²) in [7, 11) is 0. The fourth-order valence-electron chi connectivity index (χ4n) is 8.80. The van der Waals surface area contributed by atoms with Crippen molar-refractivity contribution >= 4 is 17.9 Å². The van der Waals surface area contributed by atoms with E-state index in [4.69, 9.17) is 14.2 Å². The number of hydrogen-bond donors (Lipinski definition) is 0. The first-order valence-electron chi connectivity index (χ1n) is 28.5. The molecule has 0 heterocycles. The van der Waals surface area contributed by atoms with Crippen LogP contribution in [0.15, 0.2) is 0 Å². The van der Waals surface area contributed by atoms with Gasteiger partial charge in [0.15, 0.2) is 6.10 Å². The Morgan fingerprint density at radius 1 is 0.254 bits per heavy atom. The van der Waals surface area contributed by atoms with Crippen LogP contribution in [-0.2, 0) is 28.6 Å². The Morgan fingerprint density at radius 3 is 0.635 bits per heavy atom. The average Bonchev–Trinajstić information content (AvgIpc) is 3.28. The number of rotatable bonds is 53. The summed E-state index contributed by atoms with van der Waals surface area (Å²) in [6.45, 7) is 6.62. The van der Waals surface area contributed by atoms with Crippen molar-refractivity contribution in [3.8, 4) is 0 Å². The van der Waals surface area contributed by atoms with Crippen molar-refractivity contribution in [2.24, 2.45) is 0 Å². The summed E-state index contributed by atoms with van der Waals surface area (Å²) in [5.74, 6) is -0.853. The van der Waals surface area contributed by atoms with Crippen LogP contribution in [0.1, 0.15) is 329 Å². The zero-order valence-electron chi connectivity index (χ0n) is 42.9. The number of esters is 3. The summed E-state index contributed by atoms with van der Waals surface area (Å²) in [4.78, 5) is 37.7. The van der Waals surface area contributed by atoms with Gasteiger partial charge in [0.25, 0.3) is 0 Å². The monoisotopic (exact) mass is 891 g/mol. The minimum Gasteiger partial charge on any atom is -0.462 e. The van der Waals surface area contributed by atoms with Crippen LogP contribution in [0.4, 0.5) is 0 Å². The molecule has 0 aromatic carbocycles. The molecule has 63 heavy (non-hydrogen) atoms. The Bertz CT molecular complexity index is 936. The Kier molecular flexibility index (Phi) is 51.7. The Morgan fingerprint density at radius 2 is 0.429 bits per heavy atom. The number of hydrogen-bond acceptors (Lipinski definition) is 6. The quantitative estimate of drug-likeness (QED) is 0.0344. The number of unbranched alkanes of at least 4 members (excludes halogenated alkanes) is 42. The molecule has 0 aliphatic rings. The van der Waals surface area contributed by atoms with Gasteiger partial charge in [0, 0.05) is 19.3 Å². The van der Waals surface area contributed by atoms with E-state index < -0.39 is 6.10 Å². The van der Waals surface area contributed by atoms with Crippen LogP contribution in [0, 0.1) is 0 Å². The maximum atomic E-state index is 12.7. The topological polar surface area (TPSA) is 78.9 Å². The third kappa shape index (κ3) is 51.3. The van der Waals surface area contributed by atoms with E-state index in [-0.39, 0.29) is 31.1 Å². The minimum absolute atomic E-state index is 0.0628. The maximum absolute atomic E-state index is 12.7. The average molecular weight is 892 g/mol. The van der Waals surface area contributed by atoms with E-state index in [9.17, 15) is 14.4 Å². The molecule has 0 spiro atoms. The van der Waals surface area contributed by atoms with Gasteiger partial charge in [-0.1, -0.05) is 290 Å². The van der Waals surface area contributed by atoms with Crippen LogP contribution < -0.4 is 0 Å². The molecule has 0 aromatic heterocycles. The van der Waals surface area contributed by atoms with Gasteiger partial charge < -0.3 is 14.2 Å². The highest BCUT2D eigenvalue weighted by Gasteiger charge is 2.19. The Balaban J connectivity index is 3.99. The van der Waals surface area contributed by atoms with Crippen molar-refractivity contribution in [1.82, 2.24) is 0 Å². The van der Waals surface area contributed by atoms with E-state index in [0.717, 1.165) is 64.2 Å². The van der Waals surface area contributed by atoms with E-state index in [1.807, 2.05) is 0 Å². The summed E-state index contributed by atoms with van der Waals surface area (Å²) < 4.78 is 16.7. The molecule has 374 valence electrons. The van der Waals surface area contributed by atoms with Gasteiger partial charge in [0.1, 0.15) is 13.2 Å². The van der Waals surface area contributed by atoms with Crippen LogP contribution in [-0.4, -0.2) is 37.2 Å². The molecule has 6 nitrogen and oxygen atoms in total. The van der Waals surface area contributed by atoms with Crippen LogP contribution in [0.2, 0.25) is 0 Å². The molecular formula is C57H110O6. The number of carbonyl (C=O) groups excluding carboxylic acids is 3. The minimum atomic E-state index is -0.759. The lowest BCUT2D eigenvalue weighted by atomic mass is 10.0. The summed E-state index contributed by atoms with van der Waals surface area (Å²) in [5.41, 5.74) is 0. The second kappa shape index (κ2) is 53.0. The van der Waals surface area contributed by atoms with Crippen molar-refractivity contribution in [3.05, 3.63) is 0 Å². The van der Waals surface area contributed by atoms with Gasteiger partial charge in [-0.3, -0.25) is 14.4 Å². The maximum Gasteiger partial charge on any atom is 0.306 e. The van der Waals surface area contributed by atoms with E-state index in [2.05, 4.69) is 20.8 Å². The molecule has 0 aliphatic heterocycles. The van der Waals surface area contributed by atoms with Crippen molar-refractivity contribution in [2.75, 3.05) is 13.2 Å². The van der Waals surface area contributed by atoms with E-state index in [1.54, 1.807) is 0 Å². The van der Waals surface area contributed by atoms with Gasteiger partial charge in [-0.2, -0.15) is 0 Å². The van der Waals surface area contributed by atoms with E-state index in [0.29, 0.717) is 19.3 Å². The highest BCUT2D eigenvalue weighted by molar-refractivity contribution is 5.71. The molecule has 6 heteroatoms. The SMILES string of the molecule is CCCCCCCCCCCCCCCCCCCCCCCCCCC(=O)OCC(COC(=O)CCCCCCC)OC(=O)CCCCCCCCCCCCCCCCCC. The molecule has 0 radical (unpaired) electrons. The molecule has 0 N–H and O–H groups in total. The van der Waals surface area contributed by atoms with E-state index >= 15 is 0 Å². The number of ether oxygens (including phenoxy) is 3. The van der Waals surface area contributed by atoms with Gasteiger partial charge in [0.2, 0.25) is 0 Å². The van der Waals surface area contributed by atoms with Gasteiger partial charge in [-0.05, 0) is 19.3 Å². The molecule has 0 saturated carbocycles. The standard InChI is InChI=1S/C57H110O6/c1-4-7-10-13-15-17-19-21-23-25-26-27-28-29-30-31-32-34-35-37-39-41-44-47-50-56(59)62-53-54(52-61-55(58)49-46-43-12-9-6-3)63-57(60)51-48-45-42-40-38-36-33-24-22-20-18-16-14-11-8-5-2/h54H,4-53H2,1-3H3. The fourth-order valence-corrected chi connectivity index (χ4v) is 8.80. The van der Waals surface area contributed by atoms with Crippen LogP contribution >= 0.6 is 0 Å². The first kappa shape index (κ1) is 61.4. The lowest BCUT2D eigenvalue weighted by Crippen LogP contribution is -2.30. The second-order valence-corrected chi connectivity index (χ2v) is 19.6. The van der Waals surface area contributed by atoms with Crippen LogP contribution in [0.3, 0.4) is 0 Å². The fraction of sp³-hybridized carbons (Fsp3) is 0.947. The summed E-state index contributed by atoms with van der Waals surface area (Å²) in [6, 6.07) is 0. The van der Waals surface area contributed by atoms with Gasteiger partial charge in [0.05, 0.1) is 0 Å². The molecule has 0 aromatic rings. The predicted molar refractivity (Wildman–Crippen MR) is 270 cm³/mol. The summed E-state index contributed by atoms with van der Waals surface area (Å²) in [6.07, 6.45) is 58.6.